The van der Waals surface area contributed by atoms with E-state index in [9.17, 15) is 0 Å². The Hall–Kier alpha value is -2.21. The lowest BCUT2D eigenvalue weighted by Gasteiger charge is -2.09. The Morgan fingerprint density at radius 2 is 1.21 bits per heavy atom. The van der Waals surface area contributed by atoms with Gasteiger partial charge in [-0.2, -0.15) is 0 Å². The molecule has 0 amide bonds. The van der Waals surface area contributed by atoms with Gasteiger partial charge in [0.1, 0.15) is 5.56 Å². The van der Waals surface area contributed by atoms with Crippen molar-refractivity contribution in [1.82, 2.24) is 0 Å². The van der Waals surface area contributed by atoms with Crippen LogP contribution in [-0.2, 0) is 0 Å². The largest absolute Gasteiger partial charge is 0.140 e. The minimum Gasteiger partial charge on any atom is -0.0610 e. The van der Waals surface area contributed by atoms with Crippen molar-refractivity contribution in [3.05, 3.63) is 66.1 Å². The lowest BCUT2D eigenvalue weighted by Crippen LogP contribution is -1.92. The molecule has 0 spiro atoms. The Labute approximate surface area is 113 Å². The molecule has 0 atom stereocenters. The molecule has 0 heteroatoms. The maximum Gasteiger partial charge on any atom is 0.140 e. The SMILES string of the molecule is C[C+](C)c1ccc2ccc3cccc4ccc1c2c34. The normalized spacial score (nSPS) is 11.7. The van der Waals surface area contributed by atoms with Crippen LogP contribution in [0.3, 0.4) is 0 Å². The molecule has 0 unspecified atom stereocenters. The van der Waals surface area contributed by atoms with Crippen LogP contribution in [0.2, 0.25) is 0 Å². The first-order valence-electron chi connectivity index (χ1n) is 6.73. The van der Waals surface area contributed by atoms with Gasteiger partial charge < -0.3 is 0 Å². The van der Waals surface area contributed by atoms with E-state index >= 15 is 0 Å². The lowest BCUT2D eigenvalue weighted by atomic mass is 9.89. The summed E-state index contributed by atoms with van der Waals surface area (Å²) >= 11 is 0. The fourth-order valence-corrected chi connectivity index (χ4v) is 3.17. The van der Waals surface area contributed by atoms with Crippen LogP contribution in [-0.4, -0.2) is 0 Å². The molecule has 0 nitrogen and oxygen atoms in total. The second kappa shape index (κ2) is 3.64. The van der Waals surface area contributed by atoms with Crippen LogP contribution in [0.1, 0.15) is 19.4 Å². The van der Waals surface area contributed by atoms with Crippen molar-refractivity contribution in [2.75, 3.05) is 0 Å². The van der Waals surface area contributed by atoms with Crippen LogP contribution in [0.5, 0.6) is 0 Å². The van der Waals surface area contributed by atoms with Crippen LogP contribution in [0, 0.1) is 5.92 Å². The molecule has 0 saturated carbocycles. The van der Waals surface area contributed by atoms with Gasteiger partial charge in [-0.15, -0.1) is 0 Å². The molecule has 0 N–H and O–H groups in total. The summed E-state index contributed by atoms with van der Waals surface area (Å²) in [5.74, 6) is 1.37. The van der Waals surface area contributed by atoms with Crippen LogP contribution in [0.25, 0.3) is 32.3 Å². The summed E-state index contributed by atoms with van der Waals surface area (Å²) in [6.45, 7) is 4.37. The van der Waals surface area contributed by atoms with Gasteiger partial charge in [0.15, 0.2) is 0 Å². The molecular weight excluding hydrogens is 228 g/mol. The van der Waals surface area contributed by atoms with Crippen LogP contribution < -0.4 is 0 Å². The zero-order valence-electron chi connectivity index (χ0n) is 11.2. The summed E-state index contributed by atoms with van der Waals surface area (Å²) in [5, 5.41) is 8.20. The van der Waals surface area contributed by atoms with Crippen molar-refractivity contribution >= 4 is 32.3 Å². The minimum absolute atomic E-state index is 1.33. The van der Waals surface area contributed by atoms with Crippen molar-refractivity contribution in [3.63, 3.8) is 0 Å². The zero-order chi connectivity index (χ0) is 13.0. The Morgan fingerprint density at radius 3 is 1.89 bits per heavy atom. The average Bonchev–Trinajstić information content (AvgIpc) is 2.44. The third-order valence-corrected chi connectivity index (χ3v) is 4.07. The Morgan fingerprint density at radius 1 is 0.632 bits per heavy atom. The van der Waals surface area contributed by atoms with Gasteiger partial charge in [0, 0.05) is 48.7 Å². The van der Waals surface area contributed by atoms with Gasteiger partial charge in [-0.1, -0.05) is 30.3 Å². The number of rotatable bonds is 1. The van der Waals surface area contributed by atoms with Crippen LogP contribution >= 0.6 is 0 Å². The van der Waals surface area contributed by atoms with E-state index in [0.29, 0.717) is 0 Å². The van der Waals surface area contributed by atoms with Crippen LogP contribution in [0.15, 0.2) is 54.6 Å². The van der Waals surface area contributed by atoms with E-state index in [1.807, 2.05) is 0 Å². The molecule has 0 aliphatic heterocycles. The smallest absolute Gasteiger partial charge is 0.0610 e. The van der Waals surface area contributed by atoms with Crippen molar-refractivity contribution in [3.8, 4) is 0 Å². The van der Waals surface area contributed by atoms with Gasteiger partial charge in [0.2, 0.25) is 0 Å². The van der Waals surface area contributed by atoms with Gasteiger partial charge in [-0.05, 0) is 16.8 Å². The van der Waals surface area contributed by atoms with E-state index < -0.39 is 0 Å². The van der Waals surface area contributed by atoms with Crippen molar-refractivity contribution in [1.29, 1.82) is 0 Å². The highest BCUT2D eigenvalue weighted by molar-refractivity contribution is 6.23. The van der Waals surface area contributed by atoms with Crippen molar-refractivity contribution in [2.45, 2.75) is 13.8 Å². The fourth-order valence-electron chi connectivity index (χ4n) is 3.17. The summed E-state index contributed by atoms with van der Waals surface area (Å²) in [7, 11) is 0. The third kappa shape index (κ3) is 1.37. The zero-order valence-corrected chi connectivity index (χ0v) is 11.2. The predicted molar refractivity (Wildman–Crippen MR) is 83.8 cm³/mol. The number of hydrogen-bond donors (Lipinski definition) is 0. The summed E-state index contributed by atoms with van der Waals surface area (Å²) in [6, 6.07) is 20.0. The first-order chi connectivity index (χ1) is 9.25. The molecule has 4 aromatic carbocycles. The highest BCUT2D eigenvalue weighted by Crippen LogP contribution is 2.37. The molecule has 0 aliphatic carbocycles. The topological polar surface area (TPSA) is 0 Å². The van der Waals surface area contributed by atoms with Crippen LogP contribution in [0.4, 0.5) is 0 Å². The van der Waals surface area contributed by atoms with Gasteiger partial charge >= 0.3 is 0 Å². The summed E-state index contributed by atoms with van der Waals surface area (Å²) in [4.78, 5) is 0. The molecule has 0 aromatic heterocycles. The molecular formula is C19H15+. The maximum atomic E-state index is 2.27. The second-order valence-electron chi connectivity index (χ2n) is 5.47. The third-order valence-electron chi connectivity index (χ3n) is 4.07. The molecule has 0 heterocycles. The highest BCUT2D eigenvalue weighted by Gasteiger charge is 2.18. The van der Waals surface area contributed by atoms with E-state index in [-0.39, 0.29) is 0 Å². The molecule has 0 radical (unpaired) electrons. The molecule has 0 aliphatic rings. The molecule has 90 valence electrons. The average molecular weight is 243 g/mol. The van der Waals surface area contributed by atoms with Gasteiger partial charge in [-0.3, -0.25) is 0 Å². The molecule has 4 rings (SSSR count). The van der Waals surface area contributed by atoms with E-state index in [4.69, 9.17) is 0 Å². The summed E-state index contributed by atoms with van der Waals surface area (Å²) in [6.07, 6.45) is 0. The number of hydrogen-bond acceptors (Lipinski definition) is 0. The van der Waals surface area contributed by atoms with E-state index in [0.717, 1.165) is 0 Å². The highest BCUT2D eigenvalue weighted by atomic mass is 14.1. The second-order valence-corrected chi connectivity index (χ2v) is 5.47. The van der Waals surface area contributed by atoms with E-state index in [1.165, 1.54) is 43.8 Å². The summed E-state index contributed by atoms with van der Waals surface area (Å²) < 4.78 is 0. The van der Waals surface area contributed by atoms with Gasteiger partial charge in [0.05, 0.1) is 10.8 Å². The number of benzene rings is 4. The van der Waals surface area contributed by atoms with Crippen molar-refractivity contribution < 1.29 is 0 Å². The molecule has 0 saturated heterocycles. The summed E-state index contributed by atoms with van der Waals surface area (Å²) in [5.41, 5.74) is 1.37. The minimum atomic E-state index is 1.33. The Balaban J connectivity index is 2.35. The van der Waals surface area contributed by atoms with Gasteiger partial charge in [0.25, 0.3) is 0 Å². The standard InChI is InChI=1S/C19H15/c1-12(2)16-10-8-15-7-6-13-4-3-5-14-9-11-17(16)19(15)18(13)14/h3-11H,1-2H3/q+1. The first kappa shape index (κ1) is 10.7. The lowest BCUT2D eigenvalue weighted by molar-refractivity contribution is 1.17. The van der Waals surface area contributed by atoms with E-state index in [2.05, 4.69) is 68.4 Å². The Bertz CT molecular complexity index is 868. The van der Waals surface area contributed by atoms with Gasteiger partial charge in [-0.25, -0.2) is 0 Å². The monoisotopic (exact) mass is 243 g/mol. The molecule has 4 aromatic rings. The molecule has 0 bridgehead atoms. The molecule has 0 fully saturated rings. The predicted octanol–water partition coefficient (Wildman–Crippen LogP) is 5.55. The van der Waals surface area contributed by atoms with Crippen molar-refractivity contribution in [2.24, 2.45) is 0 Å². The first-order valence-corrected chi connectivity index (χ1v) is 6.73. The molecule has 19 heavy (non-hydrogen) atoms. The quantitative estimate of drug-likeness (QED) is 0.304. The fraction of sp³-hybridized carbons (Fsp3) is 0.105. The Kier molecular flexibility index (Phi) is 2.05. The maximum absolute atomic E-state index is 2.27. The van der Waals surface area contributed by atoms with E-state index in [1.54, 1.807) is 0 Å².